The molecule has 0 amide bonds. The van der Waals surface area contributed by atoms with Gasteiger partial charge in [0.1, 0.15) is 23.9 Å². The van der Waals surface area contributed by atoms with Crippen molar-refractivity contribution < 1.29 is 27.4 Å². The van der Waals surface area contributed by atoms with E-state index in [4.69, 9.17) is 4.74 Å². The number of alkyl halides is 3. The van der Waals surface area contributed by atoms with E-state index in [1.165, 1.54) is 30.5 Å². The second-order valence-electron chi connectivity index (χ2n) is 7.54. The van der Waals surface area contributed by atoms with Crippen LogP contribution in [0, 0.1) is 5.21 Å². The molecule has 0 spiro atoms. The molecule has 0 aliphatic carbocycles. The van der Waals surface area contributed by atoms with Crippen molar-refractivity contribution in [3.8, 4) is 11.5 Å². The largest absolute Gasteiger partial charge is 0.618 e. The zero-order chi connectivity index (χ0) is 22.9. The highest BCUT2D eigenvalue weighted by atomic mass is 19.4. The van der Waals surface area contributed by atoms with Crippen molar-refractivity contribution in [1.82, 2.24) is 9.55 Å². The molecule has 2 aromatic heterocycles. The van der Waals surface area contributed by atoms with Crippen LogP contribution in [0.4, 0.5) is 13.2 Å². The van der Waals surface area contributed by atoms with Crippen molar-refractivity contribution in [3.63, 3.8) is 0 Å². The van der Waals surface area contributed by atoms with Crippen LogP contribution in [0.15, 0.2) is 48.7 Å². The van der Waals surface area contributed by atoms with Gasteiger partial charge in [-0.2, -0.15) is 4.73 Å². The molecule has 2 heterocycles. The predicted octanol–water partition coefficient (Wildman–Crippen LogP) is 5.18. The maximum Gasteiger partial charge on any atom is 0.573 e. The van der Waals surface area contributed by atoms with Gasteiger partial charge in [-0.25, -0.2) is 4.98 Å². The number of rotatable bonds is 7. The molecular weight excluding hydrogens is 423 g/mol. The summed E-state index contributed by atoms with van der Waals surface area (Å²) in [7, 11) is 1.94. The summed E-state index contributed by atoms with van der Waals surface area (Å²) in [5.74, 6) is 1.17. The van der Waals surface area contributed by atoms with Gasteiger partial charge in [-0.15, -0.1) is 13.2 Å². The Morgan fingerprint density at radius 1 is 1.09 bits per heavy atom. The minimum absolute atomic E-state index is 0.151. The first-order valence-corrected chi connectivity index (χ1v) is 10.2. The molecule has 32 heavy (non-hydrogen) atoms. The number of pyridine rings is 1. The Hall–Kier alpha value is -3.49. The normalized spacial score (nSPS) is 11.9. The summed E-state index contributed by atoms with van der Waals surface area (Å²) >= 11 is 0. The summed E-state index contributed by atoms with van der Waals surface area (Å²) in [4.78, 5) is 4.63. The zero-order valence-electron chi connectivity index (χ0n) is 17.6. The number of aryl methyl sites for hydroxylation is 2. The van der Waals surface area contributed by atoms with E-state index in [0.717, 1.165) is 40.7 Å². The fourth-order valence-electron chi connectivity index (χ4n) is 3.66. The highest BCUT2D eigenvalue weighted by molar-refractivity contribution is 6.01. The quantitative estimate of drug-likeness (QED) is 0.291. The Bertz CT molecular complexity index is 1250. The van der Waals surface area contributed by atoms with Gasteiger partial charge in [0.05, 0.1) is 10.9 Å². The van der Waals surface area contributed by atoms with Crippen LogP contribution in [0.2, 0.25) is 0 Å². The topological polar surface area (TPSA) is 63.2 Å². The summed E-state index contributed by atoms with van der Waals surface area (Å²) in [5, 5.41) is 13.2. The number of aromatic nitrogens is 3. The smallest absolute Gasteiger partial charge is 0.573 e. The number of unbranched alkanes of at least 4 members (excludes halogenated alkanes) is 1. The number of benzene rings is 2. The summed E-state index contributed by atoms with van der Waals surface area (Å²) in [6.07, 6.45) is -0.361. The van der Waals surface area contributed by atoms with E-state index in [0.29, 0.717) is 22.3 Å². The highest BCUT2D eigenvalue weighted by Gasteiger charge is 2.30. The molecule has 0 radical (unpaired) electrons. The van der Waals surface area contributed by atoms with Crippen LogP contribution in [0.1, 0.15) is 31.2 Å². The number of halogens is 3. The number of hydrogen-bond acceptors (Lipinski definition) is 4. The lowest BCUT2D eigenvalue weighted by Gasteiger charge is -2.11. The fourth-order valence-corrected chi connectivity index (χ4v) is 3.66. The molecule has 0 atom stereocenters. The van der Waals surface area contributed by atoms with Crippen molar-refractivity contribution in [1.29, 1.82) is 0 Å². The first kappa shape index (κ1) is 21.7. The van der Waals surface area contributed by atoms with Crippen LogP contribution in [-0.4, -0.2) is 15.9 Å². The maximum atomic E-state index is 12.5. The Labute approximate surface area is 182 Å². The van der Waals surface area contributed by atoms with E-state index >= 15 is 0 Å². The number of fused-ring (bicyclic) bond motifs is 3. The van der Waals surface area contributed by atoms with E-state index in [1.54, 1.807) is 18.2 Å². The van der Waals surface area contributed by atoms with Crippen molar-refractivity contribution in [2.75, 3.05) is 0 Å². The standard InChI is InChI=1S/C23H22F3N3O3/c1-3-4-5-21-27-19-13-29(30)20-11-10-17(12-18(20)22(19)28(21)2)31-14-15-6-8-16(9-7-15)32-23(24,25)26/h6-13H,3-5,14H2,1-2H3. The van der Waals surface area contributed by atoms with Gasteiger partial charge in [0, 0.05) is 19.5 Å². The Morgan fingerprint density at radius 3 is 2.50 bits per heavy atom. The SMILES string of the molecule is CCCCc1nc2c[n+]([O-])c3ccc(OCc4ccc(OC(F)(F)F)cc4)cc3c2n1C. The van der Waals surface area contributed by atoms with Crippen LogP contribution in [0.25, 0.3) is 21.9 Å². The van der Waals surface area contributed by atoms with Crippen LogP contribution >= 0.6 is 0 Å². The first-order valence-electron chi connectivity index (χ1n) is 10.2. The Balaban J connectivity index is 1.60. The van der Waals surface area contributed by atoms with Gasteiger partial charge in [0.15, 0.2) is 5.52 Å². The number of imidazole rings is 1. The molecule has 4 rings (SSSR count). The van der Waals surface area contributed by atoms with Crippen molar-refractivity contribution >= 4 is 21.9 Å². The molecule has 4 aromatic rings. The molecule has 0 aliphatic heterocycles. The Morgan fingerprint density at radius 2 is 1.81 bits per heavy atom. The molecule has 168 valence electrons. The molecule has 0 bridgehead atoms. The van der Waals surface area contributed by atoms with Gasteiger partial charge in [-0.05, 0) is 36.2 Å². The van der Waals surface area contributed by atoms with Gasteiger partial charge in [-0.1, -0.05) is 25.5 Å². The molecule has 9 heteroatoms. The second-order valence-corrected chi connectivity index (χ2v) is 7.54. The van der Waals surface area contributed by atoms with Gasteiger partial charge >= 0.3 is 6.36 Å². The van der Waals surface area contributed by atoms with E-state index in [-0.39, 0.29) is 12.4 Å². The van der Waals surface area contributed by atoms with Crippen molar-refractivity contribution in [3.05, 3.63) is 65.3 Å². The van der Waals surface area contributed by atoms with Gasteiger partial charge in [-0.3, -0.25) is 0 Å². The lowest BCUT2D eigenvalue weighted by molar-refractivity contribution is -0.575. The lowest BCUT2D eigenvalue weighted by atomic mass is 10.1. The van der Waals surface area contributed by atoms with Gasteiger partial charge in [0.2, 0.25) is 11.7 Å². The number of ether oxygens (including phenoxy) is 2. The monoisotopic (exact) mass is 445 g/mol. The van der Waals surface area contributed by atoms with Gasteiger partial charge in [0.25, 0.3) is 0 Å². The zero-order valence-corrected chi connectivity index (χ0v) is 17.6. The van der Waals surface area contributed by atoms with Crippen LogP contribution in [-0.2, 0) is 20.1 Å². The van der Waals surface area contributed by atoms with Crippen molar-refractivity contribution in [2.24, 2.45) is 7.05 Å². The summed E-state index contributed by atoms with van der Waals surface area (Å²) < 4.78 is 49.4. The Kier molecular flexibility index (Phi) is 5.82. The second kappa shape index (κ2) is 8.57. The average molecular weight is 445 g/mol. The molecule has 0 aliphatic rings. The van der Waals surface area contributed by atoms with Crippen LogP contribution in [0.3, 0.4) is 0 Å². The molecule has 0 saturated heterocycles. The van der Waals surface area contributed by atoms with Crippen molar-refractivity contribution in [2.45, 2.75) is 39.2 Å². The lowest BCUT2D eigenvalue weighted by Crippen LogP contribution is -2.26. The minimum Gasteiger partial charge on any atom is -0.618 e. The number of hydrogen-bond donors (Lipinski definition) is 0. The predicted molar refractivity (Wildman–Crippen MR) is 113 cm³/mol. The third-order valence-corrected chi connectivity index (χ3v) is 5.23. The fraction of sp³-hybridized carbons (Fsp3) is 0.304. The highest BCUT2D eigenvalue weighted by Crippen LogP contribution is 2.28. The molecule has 0 N–H and O–H groups in total. The van der Waals surface area contributed by atoms with Crippen LogP contribution < -0.4 is 14.2 Å². The molecule has 6 nitrogen and oxygen atoms in total. The first-order chi connectivity index (χ1) is 15.2. The van der Waals surface area contributed by atoms with Crippen LogP contribution in [0.5, 0.6) is 11.5 Å². The molecule has 2 aromatic carbocycles. The maximum absolute atomic E-state index is 12.5. The molecule has 0 saturated carbocycles. The molecule has 0 unspecified atom stereocenters. The average Bonchev–Trinajstić information content (AvgIpc) is 3.06. The third kappa shape index (κ3) is 4.56. The van der Waals surface area contributed by atoms with E-state index < -0.39 is 6.36 Å². The van der Waals surface area contributed by atoms with E-state index in [2.05, 4.69) is 16.6 Å². The summed E-state index contributed by atoms with van der Waals surface area (Å²) in [6.45, 7) is 2.27. The molecule has 0 fully saturated rings. The molecular formula is C23H22F3N3O3. The van der Waals surface area contributed by atoms with E-state index in [1.807, 2.05) is 11.6 Å². The minimum atomic E-state index is -4.73. The third-order valence-electron chi connectivity index (χ3n) is 5.23. The number of nitrogens with zero attached hydrogens (tertiary/aromatic N) is 3. The summed E-state index contributed by atoms with van der Waals surface area (Å²) in [5.41, 5.74) is 2.67. The summed E-state index contributed by atoms with van der Waals surface area (Å²) in [6, 6.07) is 10.7. The van der Waals surface area contributed by atoms with E-state index in [9.17, 15) is 18.4 Å². The van der Waals surface area contributed by atoms with Gasteiger partial charge < -0.3 is 19.2 Å².